The second-order valence-corrected chi connectivity index (χ2v) is 28.5. The van der Waals surface area contributed by atoms with Crippen molar-refractivity contribution in [1.29, 1.82) is 0 Å². The van der Waals surface area contributed by atoms with Crippen molar-refractivity contribution in [3.63, 3.8) is 0 Å². The number of rotatable bonds is 24. The van der Waals surface area contributed by atoms with Gasteiger partial charge in [0.05, 0.1) is 0 Å². The summed E-state index contributed by atoms with van der Waals surface area (Å²) in [5.74, 6) is 0. The largest absolute Gasteiger partial charge is 0.139 e. The number of hydrogen-bond donors (Lipinski definition) is 0. The fourth-order valence-electron chi connectivity index (χ4n) is 10.5. The zero-order valence-electron chi connectivity index (χ0n) is 41.5. The Morgan fingerprint density at radius 2 is 0.457 bits per heavy atom. The van der Waals surface area contributed by atoms with Gasteiger partial charge in [0.2, 0.25) is 0 Å². The summed E-state index contributed by atoms with van der Waals surface area (Å²) in [4.78, 5) is 17.5. The number of benzene rings is 3. The van der Waals surface area contributed by atoms with Crippen LogP contribution < -0.4 is 0 Å². The zero-order chi connectivity index (χ0) is 47.6. The van der Waals surface area contributed by atoms with Gasteiger partial charge in [-0.05, 0) is 136 Å². The van der Waals surface area contributed by atoms with Crippen molar-refractivity contribution < 1.29 is 0 Å². The van der Waals surface area contributed by atoms with E-state index in [2.05, 4.69) is 113 Å². The number of unbranched alkanes of at least 4 members (excludes halogenated alkanes) is 12. The molecule has 362 valence electrons. The van der Waals surface area contributed by atoms with Crippen molar-refractivity contribution in [3.05, 3.63) is 104 Å². The standard InChI is InChI=1S/C62H66S8/c1-5-9-13-17-21-39-25-29-51(63-39)55-35-47-48-36-56(52-30-26-40(64-52)22-18-14-10-6-2)68-60(48)44-34-46-45(33-43(44)59(47)67-55)61-49(37-57(69-61)53-31-27-41(65-53)23-19-15-11-7-3)50-38-58(70-62(46)50)54-32-28-42(66-54)24-20-16-12-8-4/h25-38H,5-24H2,1-4H3. The van der Waals surface area contributed by atoms with Crippen LogP contribution in [0.2, 0.25) is 0 Å². The molecule has 0 aliphatic rings. The molecule has 0 saturated carbocycles. The van der Waals surface area contributed by atoms with E-state index in [4.69, 9.17) is 0 Å². The van der Waals surface area contributed by atoms with E-state index in [-0.39, 0.29) is 0 Å². The van der Waals surface area contributed by atoms with E-state index in [0.29, 0.717) is 0 Å². The van der Waals surface area contributed by atoms with Gasteiger partial charge in [-0.2, -0.15) is 0 Å². The van der Waals surface area contributed by atoms with Crippen molar-refractivity contribution in [2.45, 2.75) is 156 Å². The van der Waals surface area contributed by atoms with Crippen molar-refractivity contribution in [1.82, 2.24) is 0 Å². The molecule has 0 bridgehead atoms. The normalized spacial score (nSPS) is 12.3. The van der Waals surface area contributed by atoms with E-state index in [1.165, 1.54) is 249 Å². The Bertz CT molecular complexity index is 3060. The molecule has 11 aromatic rings. The Hall–Kier alpha value is -3.18. The van der Waals surface area contributed by atoms with Gasteiger partial charge < -0.3 is 0 Å². The highest BCUT2D eigenvalue weighted by atomic mass is 32.1. The second-order valence-electron chi connectivity index (χ2n) is 19.7. The van der Waals surface area contributed by atoms with Crippen molar-refractivity contribution in [3.8, 4) is 39.0 Å². The summed E-state index contributed by atoms with van der Waals surface area (Å²) in [5.41, 5.74) is 0. The molecule has 8 heteroatoms. The van der Waals surface area contributed by atoms with Gasteiger partial charge in [0.15, 0.2) is 0 Å². The van der Waals surface area contributed by atoms with Crippen LogP contribution in [0.5, 0.6) is 0 Å². The molecule has 70 heavy (non-hydrogen) atoms. The summed E-state index contributed by atoms with van der Waals surface area (Å²) in [6.45, 7) is 9.24. The van der Waals surface area contributed by atoms with Gasteiger partial charge in [0, 0.05) is 120 Å². The lowest BCUT2D eigenvalue weighted by molar-refractivity contribution is 0.670. The first-order valence-corrected chi connectivity index (χ1v) is 33.1. The lowest BCUT2D eigenvalue weighted by Gasteiger charge is -2.08. The fraction of sp³-hybridized carbons (Fsp3) is 0.387. The highest BCUT2D eigenvalue weighted by Gasteiger charge is 2.23. The van der Waals surface area contributed by atoms with Crippen molar-refractivity contribution in [2.24, 2.45) is 0 Å². The van der Waals surface area contributed by atoms with Gasteiger partial charge >= 0.3 is 0 Å². The Balaban J connectivity index is 1.09. The van der Waals surface area contributed by atoms with Gasteiger partial charge in [0.25, 0.3) is 0 Å². The summed E-state index contributed by atoms with van der Waals surface area (Å²) < 4.78 is 5.77. The maximum Gasteiger partial charge on any atom is 0.0455 e. The van der Waals surface area contributed by atoms with Crippen molar-refractivity contribution >= 4 is 153 Å². The highest BCUT2D eigenvalue weighted by Crippen LogP contribution is 2.53. The molecule has 0 spiro atoms. The van der Waals surface area contributed by atoms with Gasteiger partial charge in [-0.3, -0.25) is 0 Å². The summed E-state index contributed by atoms with van der Waals surface area (Å²) >= 11 is 16.2. The molecule has 0 radical (unpaired) electrons. The number of aryl methyl sites for hydroxylation is 4. The predicted octanol–water partition coefficient (Wildman–Crippen LogP) is 24.3. The molecular weight excluding hydrogens is 1000 g/mol. The van der Waals surface area contributed by atoms with E-state index < -0.39 is 0 Å². The third-order valence-corrected chi connectivity index (χ3v) is 24.4. The number of thiophene rings is 8. The van der Waals surface area contributed by atoms with Gasteiger partial charge in [-0.15, -0.1) is 90.7 Å². The molecule has 0 amide bonds. The van der Waals surface area contributed by atoms with Crippen LogP contribution in [0.3, 0.4) is 0 Å². The number of hydrogen-bond acceptors (Lipinski definition) is 8. The molecular formula is C62H66S8. The second kappa shape index (κ2) is 22.5. The zero-order valence-corrected chi connectivity index (χ0v) is 48.0. The van der Waals surface area contributed by atoms with E-state index in [0.717, 1.165) is 0 Å². The van der Waals surface area contributed by atoms with Gasteiger partial charge in [-0.1, -0.05) is 105 Å². The molecule has 0 saturated heterocycles. The third-order valence-electron chi connectivity index (χ3n) is 14.4. The molecule has 0 atom stereocenters. The third kappa shape index (κ3) is 10.2. The lowest BCUT2D eigenvalue weighted by Crippen LogP contribution is -1.80. The van der Waals surface area contributed by atoms with Crippen LogP contribution in [0.4, 0.5) is 0 Å². The lowest BCUT2D eigenvalue weighted by atomic mass is 9.98. The molecule has 0 aliphatic heterocycles. The summed E-state index contributed by atoms with van der Waals surface area (Å²) in [5, 5.41) is 11.4. The quantitative estimate of drug-likeness (QED) is 0.0418. The first-order chi connectivity index (χ1) is 34.5. The molecule has 11 rings (SSSR count). The minimum Gasteiger partial charge on any atom is -0.139 e. The average molecular weight is 1070 g/mol. The Morgan fingerprint density at radius 1 is 0.229 bits per heavy atom. The first kappa shape index (κ1) is 49.1. The molecule has 0 fully saturated rings. The summed E-state index contributed by atoms with van der Waals surface area (Å²) in [6, 6.07) is 34.8. The van der Waals surface area contributed by atoms with Gasteiger partial charge in [0.1, 0.15) is 0 Å². The summed E-state index contributed by atoms with van der Waals surface area (Å²) in [7, 11) is 0. The topological polar surface area (TPSA) is 0 Å². The average Bonchev–Trinajstić information content (AvgIpc) is 4.23. The van der Waals surface area contributed by atoms with Crippen LogP contribution in [-0.4, -0.2) is 0 Å². The Morgan fingerprint density at radius 3 is 0.686 bits per heavy atom. The van der Waals surface area contributed by atoms with Crippen LogP contribution >= 0.6 is 90.7 Å². The van der Waals surface area contributed by atoms with Crippen LogP contribution in [-0.2, 0) is 25.7 Å². The van der Waals surface area contributed by atoms with Crippen LogP contribution in [0, 0.1) is 0 Å². The smallest absolute Gasteiger partial charge is 0.0455 e. The van der Waals surface area contributed by atoms with E-state index in [1.807, 2.05) is 90.7 Å². The minimum absolute atomic E-state index is 1.19. The monoisotopic (exact) mass is 1070 g/mol. The summed E-state index contributed by atoms with van der Waals surface area (Å²) in [6.07, 6.45) is 25.7. The molecule has 0 nitrogen and oxygen atoms in total. The fourth-order valence-corrected chi connectivity index (χ4v) is 19.8. The van der Waals surface area contributed by atoms with Crippen LogP contribution in [0.25, 0.3) is 101 Å². The van der Waals surface area contributed by atoms with Crippen molar-refractivity contribution in [2.75, 3.05) is 0 Å². The Kier molecular flexibility index (Phi) is 15.8. The molecule has 3 aromatic carbocycles. The van der Waals surface area contributed by atoms with Crippen LogP contribution in [0.1, 0.15) is 150 Å². The molecule has 0 aliphatic carbocycles. The maximum atomic E-state index is 2.65. The Labute approximate surface area is 448 Å². The minimum atomic E-state index is 1.19. The SMILES string of the molecule is CCCCCCc1ccc(-c2cc3c4cc(-c5ccc(CCCCCC)s5)sc4c4cc5c(cc4c3s2)c2sc(-c3ccc(CCCCCC)s3)cc2c2cc(-c3ccc(CCCCCC)s3)sc25)s1. The van der Waals surface area contributed by atoms with Crippen LogP contribution in [0.15, 0.2) is 84.9 Å². The van der Waals surface area contributed by atoms with Gasteiger partial charge in [-0.25, -0.2) is 0 Å². The molecule has 8 heterocycles. The number of fused-ring (bicyclic) bond motifs is 12. The van der Waals surface area contributed by atoms with E-state index in [1.54, 1.807) is 0 Å². The molecule has 8 aromatic heterocycles. The first-order valence-electron chi connectivity index (χ1n) is 26.6. The molecule has 0 N–H and O–H groups in total. The highest BCUT2D eigenvalue weighted by molar-refractivity contribution is 7.30. The predicted molar refractivity (Wildman–Crippen MR) is 328 cm³/mol. The molecule has 0 unspecified atom stereocenters. The van der Waals surface area contributed by atoms with E-state index >= 15 is 0 Å². The maximum absolute atomic E-state index is 2.65. The van der Waals surface area contributed by atoms with E-state index in [9.17, 15) is 0 Å².